The Morgan fingerprint density at radius 2 is 1.93 bits per heavy atom. The second kappa shape index (κ2) is 7.67. The number of hydrogen-bond acceptors (Lipinski definition) is 4. The molecule has 0 N–H and O–H groups in total. The molecule has 144 valence electrons. The van der Waals surface area contributed by atoms with Gasteiger partial charge >= 0.3 is 0 Å². The van der Waals surface area contributed by atoms with Crippen molar-refractivity contribution in [3.63, 3.8) is 0 Å². The summed E-state index contributed by atoms with van der Waals surface area (Å²) in [5.41, 5.74) is 3.33. The van der Waals surface area contributed by atoms with Gasteiger partial charge in [0, 0.05) is 17.6 Å². The van der Waals surface area contributed by atoms with Crippen LogP contribution in [0.25, 0.3) is 5.69 Å². The summed E-state index contributed by atoms with van der Waals surface area (Å²) in [7, 11) is 0. The third kappa shape index (κ3) is 3.49. The second-order valence-electron chi connectivity index (χ2n) is 6.54. The Morgan fingerprint density at radius 1 is 1.18 bits per heavy atom. The van der Waals surface area contributed by atoms with Gasteiger partial charge in [-0.15, -0.1) is 0 Å². The highest BCUT2D eigenvalue weighted by atomic mass is 79.9. The average molecular weight is 442 g/mol. The molecule has 0 fully saturated rings. The maximum absolute atomic E-state index is 13.1. The molecule has 0 saturated carbocycles. The van der Waals surface area contributed by atoms with Crippen molar-refractivity contribution in [1.82, 2.24) is 14.7 Å². The van der Waals surface area contributed by atoms with Crippen LogP contribution in [0.4, 0.5) is 0 Å². The Labute approximate surface area is 171 Å². The fourth-order valence-corrected chi connectivity index (χ4v) is 3.48. The van der Waals surface area contributed by atoms with Crippen molar-refractivity contribution >= 4 is 21.8 Å². The van der Waals surface area contributed by atoms with Gasteiger partial charge in [-0.1, -0.05) is 22.0 Å². The second-order valence-corrected chi connectivity index (χ2v) is 7.45. The lowest BCUT2D eigenvalue weighted by molar-refractivity contribution is 0.0751. The first-order valence-corrected chi connectivity index (χ1v) is 9.84. The van der Waals surface area contributed by atoms with Crippen LogP contribution in [0, 0.1) is 6.92 Å². The van der Waals surface area contributed by atoms with E-state index in [1.807, 2.05) is 56.3 Å². The van der Waals surface area contributed by atoms with E-state index in [0.717, 1.165) is 32.9 Å². The molecule has 1 aliphatic rings. The first-order valence-electron chi connectivity index (χ1n) is 9.05. The molecule has 0 radical (unpaired) electrons. The number of fused-ring (bicyclic) bond motifs is 1. The number of carbonyl (C=O) groups is 1. The van der Waals surface area contributed by atoms with Crippen LogP contribution in [-0.4, -0.2) is 33.9 Å². The van der Waals surface area contributed by atoms with Crippen LogP contribution in [0.2, 0.25) is 0 Å². The molecule has 1 aromatic heterocycles. The summed E-state index contributed by atoms with van der Waals surface area (Å²) in [6.45, 7) is 5.21. The van der Waals surface area contributed by atoms with E-state index in [1.165, 1.54) is 0 Å². The molecule has 0 saturated heterocycles. The van der Waals surface area contributed by atoms with Crippen molar-refractivity contribution in [2.24, 2.45) is 0 Å². The first kappa shape index (κ1) is 18.6. The number of nitrogens with zero attached hydrogens (tertiary/aromatic N) is 3. The van der Waals surface area contributed by atoms with Gasteiger partial charge < -0.3 is 14.4 Å². The smallest absolute Gasteiger partial charge is 0.257 e. The predicted molar refractivity (Wildman–Crippen MR) is 109 cm³/mol. The zero-order chi connectivity index (χ0) is 19.7. The molecule has 6 nitrogen and oxygen atoms in total. The number of carbonyl (C=O) groups excluding carboxylic acids is 1. The quantitative estimate of drug-likeness (QED) is 0.590. The Bertz CT molecular complexity index is 1010. The molecule has 7 heteroatoms. The molecule has 2 heterocycles. The summed E-state index contributed by atoms with van der Waals surface area (Å²) < 4.78 is 13.6. The number of amides is 1. The maximum Gasteiger partial charge on any atom is 0.257 e. The minimum atomic E-state index is -0.0407. The highest BCUT2D eigenvalue weighted by molar-refractivity contribution is 9.10. The molecule has 2 aromatic carbocycles. The van der Waals surface area contributed by atoms with Crippen molar-refractivity contribution in [2.45, 2.75) is 20.4 Å². The first-order chi connectivity index (χ1) is 13.6. The zero-order valence-corrected chi connectivity index (χ0v) is 17.3. The molecule has 0 aliphatic carbocycles. The van der Waals surface area contributed by atoms with E-state index in [4.69, 9.17) is 9.47 Å². The molecular formula is C21H20BrN3O3. The minimum absolute atomic E-state index is 0.0407. The highest BCUT2D eigenvalue weighted by Gasteiger charge is 2.21. The van der Waals surface area contributed by atoms with Crippen LogP contribution in [0.5, 0.6) is 11.5 Å². The van der Waals surface area contributed by atoms with Gasteiger partial charge in [0.15, 0.2) is 11.5 Å². The summed E-state index contributed by atoms with van der Waals surface area (Å²) in [6, 6.07) is 13.6. The van der Waals surface area contributed by atoms with Gasteiger partial charge in [-0.05, 0) is 55.8 Å². The van der Waals surface area contributed by atoms with Crippen LogP contribution in [-0.2, 0) is 6.54 Å². The van der Waals surface area contributed by atoms with Crippen molar-refractivity contribution in [3.05, 3.63) is 70.0 Å². The van der Waals surface area contributed by atoms with Gasteiger partial charge in [0.2, 0.25) is 6.79 Å². The predicted octanol–water partition coefficient (Wildman–Crippen LogP) is 4.33. The van der Waals surface area contributed by atoms with E-state index in [9.17, 15) is 4.79 Å². The molecule has 0 unspecified atom stereocenters. The standard InChI is InChI=1S/C21H20BrN3O3/c1-3-24(12-15-4-9-19-20(10-15)28-13-27-19)21(26)18-11-23-25(14(18)2)17-7-5-16(22)6-8-17/h4-11H,3,12-13H2,1-2H3. The summed E-state index contributed by atoms with van der Waals surface area (Å²) in [5.74, 6) is 1.42. The third-order valence-corrected chi connectivity index (χ3v) is 5.32. The van der Waals surface area contributed by atoms with Crippen molar-refractivity contribution in [2.75, 3.05) is 13.3 Å². The maximum atomic E-state index is 13.1. The number of hydrogen-bond donors (Lipinski definition) is 0. The largest absolute Gasteiger partial charge is 0.454 e. The van der Waals surface area contributed by atoms with Gasteiger partial charge in [-0.2, -0.15) is 5.10 Å². The molecule has 3 aromatic rings. The van der Waals surface area contributed by atoms with E-state index < -0.39 is 0 Å². The lowest BCUT2D eigenvalue weighted by atomic mass is 10.1. The molecule has 4 rings (SSSR count). The van der Waals surface area contributed by atoms with Gasteiger partial charge in [-0.3, -0.25) is 4.79 Å². The van der Waals surface area contributed by atoms with Gasteiger partial charge in [0.25, 0.3) is 5.91 Å². The fourth-order valence-electron chi connectivity index (χ4n) is 3.22. The zero-order valence-electron chi connectivity index (χ0n) is 15.7. The van der Waals surface area contributed by atoms with Gasteiger partial charge in [-0.25, -0.2) is 4.68 Å². The van der Waals surface area contributed by atoms with E-state index in [1.54, 1.807) is 15.8 Å². The van der Waals surface area contributed by atoms with Crippen molar-refractivity contribution in [1.29, 1.82) is 0 Å². The Kier molecular flexibility index (Phi) is 5.09. The van der Waals surface area contributed by atoms with Crippen LogP contribution >= 0.6 is 15.9 Å². The molecule has 28 heavy (non-hydrogen) atoms. The summed E-state index contributed by atoms with van der Waals surface area (Å²) in [6.07, 6.45) is 1.64. The molecule has 0 bridgehead atoms. The molecular weight excluding hydrogens is 422 g/mol. The van der Waals surface area contributed by atoms with Crippen LogP contribution in [0.1, 0.15) is 28.5 Å². The number of rotatable bonds is 5. The Morgan fingerprint density at radius 3 is 2.68 bits per heavy atom. The normalized spacial score (nSPS) is 12.2. The third-order valence-electron chi connectivity index (χ3n) is 4.79. The van der Waals surface area contributed by atoms with Gasteiger partial charge in [0.1, 0.15) is 0 Å². The number of ether oxygens (including phenoxy) is 2. The van der Waals surface area contributed by atoms with E-state index in [-0.39, 0.29) is 12.7 Å². The molecule has 0 atom stereocenters. The summed E-state index contributed by atoms with van der Waals surface area (Å²) >= 11 is 3.44. The summed E-state index contributed by atoms with van der Waals surface area (Å²) in [5, 5.41) is 4.43. The minimum Gasteiger partial charge on any atom is -0.454 e. The highest BCUT2D eigenvalue weighted by Crippen LogP contribution is 2.33. The fraction of sp³-hybridized carbons (Fsp3) is 0.238. The lowest BCUT2D eigenvalue weighted by Gasteiger charge is -2.21. The van der Waals surface area contributed by atoms with Crippen molar-refractivity contribution < 1.29 is 14.3 Å². The Hall–Kier alpha value is -2.80. The number of aromatic nitrogens is 2. The topological polar surface area (TPSA) is 56.6 Å². The monoisotopic (exact) mass is 441 g/mol. The summed E-state index contributed by atoms with van der Waals surface area (Å²) in [4.78, 5) is 14.9. The number of halogens is 1. The van der Waals surface area contributed by atoms with E-state index >= 15 is 0 Å². The van der Waals surface area contributed by atoms with Crippen LogP contribution < -0.4 is 9.47 Å². The lowest BCUT2D eigenvalue weighted by Crippen LogP contribution is -2.30. The van der Waals surface area contributed by atoms with Crippen LogP contribution in [0.15, 0.2) is 53.1 Å². The van der Waals surface area contributed by atoms with E-state index in [2.05, 4.69) is 21.0 Å². The SMILES string of the molecule is CCN(Cc1ccc2c(c1)OCO2)C(=O)c1cnn(-c2ccc(Br)cc2)c1C. The number of benzene rings is 2. The average Bonchev–Trinajstić information content (AvgIpc) is 3.32. The molecule has 1 amide bonds. The van der Waals surface area contributed by atoms with Crippen LogP contribution in [0.3, 0.4) is 0 Å². The molecule has 0 spiro atoms. The van der Waals surface area contributed by atoms with Gasteiger partial charge in [0.05, 0.1) is 23.1 Å². The van der Waals surface area contributed by atoms with E-state index in [0.29, 0.717) is 18.7 Å². The Balaban J connectivity index is 1.56. The van der Waals surface area contributed by atoms with Crippen molar-refractivity contribution in [3.8, 4) is 17.2 Å². The molecule has 1 aliphatic heterocycles.